The minimum atomic E-state index is -1.01. The molecule has 0 N–H and O–H groups in total. The largest absolute Gasteiger partial charge is 0.358 e. The van der Waals surface area contributed by atoms with Crippen LogP contribution in [0.25, 0.3) is 6.08 Å². The van der Waals surface area contributed by atoms with Crippen molar-refractivity contribution in [1.29, 1.82) is 0 Å². The summed E-state index contributed by atoms with van der Waals surface area (Å²) in [4.78, 5) is 55.2. The fourth-order valence-corrected chi connectivity index (χ4v) is 5.85. The third kappa shape index (κ3) is 3.18. The smallest absolute Gasteiger partial charge is 0.270 e. The summed E-state index contributed by atoms with van der Waals surface area (Å²) in [7, 11) is 0. The van der Waals surface area contributed by atoms with Crippen molar-refractivity contribution in [2.45, 2.75) is 12.1 Å². The zero-order chi connectivity index (χ0) is 25.1. The lowest BCUT2D eigenvalue weighted by Gasteiger charge is -2.35. The van der Waals surface area contributed by atoms with Crippen molar-refractivity contribution >= 4 is 46.6 Å². The number of hydrogen-bond acceptors (Lipinski definition) is 6. The highest BCUT2D eigenvalue weighted by molar-refractivity contribution is 6.31. The van der Waals surface area contributed by atoms with Gasteiger partial charge in [-0.15, -0.1) is 0 Å². The second-order valence-electron chi connectivity index (χ2n) is 9.00. The number of non-ortho nitro benzene ring substituents is 1. The van der Waals surface area contributed by atoms with Gasteiger partial charge in [0.05, 0.1) is 28.5 Å². The van der Waals surface area contributed by atoms with E-state index in [1.54, 1.807) is 35.4 Å². The maximum absolute atomic E-state index is 13.9. The number of nitro groups is 1. The number of ketones is 1. The van der Waals surface area contributed by atoms with Gasteiger partial charge >= 0.3 is 0 Å². The van der Waals surface area contributed by atoms with Gasteiger partial charge in [-0.1, -0.05) is 54.1 Å². The number of benzene rings is 3. The highest BCUT2D eigenvalue weighted by Crippen LogP contribution is 2.53. The fraction of sp³-hybridized carbons (Fsp3) is 0.148. The average Bonchev–Trinajstić information content (AvgIpc) is 3.36. The predicted molar refractivity (Wildman–Crippen MR) is 132 cm³/mol. The van der Waals surface area contributed by atoms with E-state index in [2.05, 4.69) is 0 Å². The fourth-order valence-electron chi connectivity index (χ4n) is 5.67. The molecule has 3 aromatic carbocycles. The normalized spacial score (nSPS) is 23.9. The van der Waals surface area contributed by atoms with Gasteiger partial charge in [0.25, 0.3) is 5.69 Å². The maximum atomic E-state index is 13.9. The number of Topliss-reactive ketones (excluding diaryl/α,β-unsaturated/α-hetero) is 1. The molecule has 0 aliphatic carbocycles. The zero-order valence-corrected chi connectivity index (χ0v) is 19.4. The summed E-state index contributed by atoms with van der Waals surface area (Å²) in [6.07, 6.45) is 3.60. The number of imide groups is 1. The number of rotatable bonds is 4. The summed E-state index contributed by atoms with van der Waals surface area (Å²) < 4.78 is 0. The Labute approximate surface area is 210 Å². The molecule has 4 unspecified atom stereocenters. The van der Waals surface area contributed by atoms with Crippen molar-refractivity contribution < 1.29 is 19.3 Å². The van der Waals surface area contributed by atoms with Crippen LogP contribution >= 0.6 is 11.6 Å². The molecule has 0 aromatic heterocycles. The average molecular weight is 500 g/mol. The van der Waals surface area contributed by atoms with Crippen LogP contribution in [0.3, 0.4) is 0 Å². The molecule has 4 atom stereocenters. The molecule has 0 saturated carbocycles. The molecule has 2 fully saturated rings. The Morgan fingerprint density at radius 2 is 1.67 bits per heavy atom. The molecule has 3 aliphatic heterocycles. The highest BCUT2D eigenvalue weighted by atomic mass is 35.5. The van der Waals surface area contributed by atoms with E-state index in [1.165, 1.54) is 24.3 Å². The molecule has 36 heavy (non-hydrogen) atoms. The first-order valence-electron chi connectivity index (χ1n) is 11.3. The standard InChI is InChI=1S/C27H18ClN3O5/c28-17-7-4-8-18(14-17)30-26(33)21-22(27(30)34)24(25(32)16-6-3-9-19(13-16)31(35)36)29-12-11-15-5-1-2-10-20(15)23(21)29/h1-14,21-24H. The summed E-state index contributed by atoms with van der Waals surface area (Å²) in [5, 5.41) is 11.7. The number of fused-ring (bicyclic) bond motifs is 5. The summed E-state index contributed by atoms with van der Waals surface area (Å²) in [6.45, 7) is 0. The number of carbonyl (C=O) groups excluding carboxylic acids is 3. The van der Waals surface area contributed by atoms with Crippen molar-refractivity contribution in [2.75, 3.05) is 4.90 Å². The van der Waals surface area contributed by atoms with Crippen molar-refractivity contribution in [3.63, 3.8) is 0 Å². The van der Waals surface area contributed by atoms with E-state index < -0.39 is 46.4 Å². The molecular formula is C27H18ClN3O5. The number of nitro benzene ring substituents is 1. The topological polar surface area (TPSA) is 101 Å². The Balaban J connectivity index is 1.50. The molecule has 3 heterocycles. The number of hydrogen-bond donors (Lipinski definition) is 0. The van der Waals surface area contributed by atoms with E-state index in [-0.39, 0.29) is 11.3 Å². The molecule has 8 nitrogen and oxygen atoms in total. The van der Waals surface area contributed by atoms with Crippen LogP contribution in [0.2, 0.25) is 5.02 Å². The van der Waals surface area contributed by atoms with Gasteiger partial charge in [-0.25, -0.2) is 4.90 Å². The van der Waals surface area contributed by atoms with Crippen LogP contribution in [0, 0.1) is 22.0 Å². The lowest BCUT2D eigenvalue weighted by atomic mass is 9.83. The van der Waals surface area contributed by atoms with Crippen LogP contribution < -0.4 is 4.90 Å². The second-order valence-corrected chi connectivity index (χ2v) is 9.43. The number of anilines is 1. The maximum Gasteiger partial charge on any atom is 0.270 e. The van der Waals surface area contributed by atoms with E-state index in [9.17, 15) is 24.5 Å². The van der Waals surface area contributed by atoms with E-state index in [0.29, 0.717) is 10.7 Å². The monoisotopic (exact) mass is 499 g/mol. The quantitative estimate of drug-likeness (QED) is 0.224. The minimum absolute atomic E-state index is 0.113. The van der Waals surface area contributed by atoms with Crippen molar-refractivity contribution in [2.24, 2.45) is 11.8 Å². The molecule has 0 bridgehead atoms. The predicted octanol–water partition coefficient (Wildman–Crippen LogP) is 4.65. The third-order valence-corrected chi connectivity index (χ3v) is 7.37. The van der Waals surface area contributed by atoms with Crippen molar-refractivity contribution in [3.05, 3.63) is 111 Å². The molecule has 6 rings (SSSR count). The molecule has 0 spiro atoms. The van der Waals surface area contributed by atoms with Crippen LogP contribution in [-0.4, -0.2) is 33.5 Å². The van der Waals surface area contributed by atoms with Gasteiger partial charge in [0.2, 0.25) is 11.8 Å². The number of carbonyl (C=O) groups is 3. The first kappa shape index (κ1) is 22.2. The Hall–Kier alpha value is -4.30. The summed E-state index contributed by atoms with van der Waals surface area (Å²) in [5.41, 5.74) is 1.99. The van der Waals surface area contributed by atoms with E-state index >= 15 is 0 Å². The van der Waals surface area contributed by atoms with Gasteiger partial charge in [-0.3, -0.25) is 24.5 Å². The summed E-state index contributed by atoms with van der Waals surface area (Å²) >= 11 is 6.14. The van der Waals surface area contributed by atoms with Crippen LogP contribution in [0.5, 0.6) is 0 Å². The van der Waals surface area contributed by atoms with Crippen LogP contribution in [0.15, 0.2) is 79.0 Å². The number of amides is 2. The highest BCUT2D eigenvalue weighted by Gasteiger charge is 2.64. The van der Waals surface area contributed by atoms with Crippen LogP contribution in [-0.2, 0) is 9.59 Å². The molecule has 9 heteroatoms. The van der Waals surface area contributed by atoms with Crippen LogP contribution in [0.4, 0.5) is 11.4 Å². The van der Waals surface area contributed by atoms with Gasteiger partial charge in [-0.05, 0) is 35.4 Å². The Bertz CT molecular complexity index is 1500. The van der Waals surface area contributed by atoms with E-state index in [4.69, 9.17) is 11.6 Å². The second kappa shape index (κ2) is 8.13. The van der Waals surface area contributed by atoms with Gasteiger partial charge < -0.3 is 4.90 Å². The first-order valence-corrected chi connectivity index (χ1v) is 11.7. The summed E-state index contributed by atoms with van der Waals surface area (Å²) in [5.74, 6) is -3.12. The SMILES string of the molecule is O=C(c1cccc([N+](=O)[O-])c1)C1C2C(=O)N(c3cccc(Cl)c3)C(=O)C2C2c3ccccc3C=CN12. The van der Waals surface area contributed by atoms with Gasteiger partial charge in [0, 0.05) is 28.9 Å². The Kier molecular flexibility index (Phi) is 5.01. The lowest BCUT2D eigenvalue weighted by Crippen LogP contribution is -2.44. The van der Waals surface area contributed by atoms with Gasteiger partial charge in [0.1, 0.15) is 6.04 Å². The van der Waals surface area contributed by atoms with E-state index in [1.807, 2.05) is 30.3 Å². The molecular weight excluding hydrogens is 482 g/mol. The van der Waals surface area contributed by atoms with Gasteiger partial charge in [-0.2, -0.15) is 0 Å². The molecule has 2 saturated heterocycles. The zero-order valence-electron chi connectivity index (χ0n) is 18.7. The van der Waals surface area contributed by atoms with Crippen molar-refractivity contribution in [1.82, 2.24) is 4.90 Å². The van der Waals surface area contributed by atoms with E-state index in [0.717, 1.165) is 16.0 Å². The van der Waals surface area contributed by atoms with Crippen LogP contribution in [0.1, 0.15) is 27.5 Å². The number of nitrogens with zero attached hydrogens (tertiary/aromatic N) is 3. The first-order chi connectivity index (χ1) is 17.4. The third-order valence-electron chi connectivity index (χ3n) is 7.14. The van der Waals surface area contributed by atoms with Gasteiger partial charge in [0.15, 0.2) is 5.78 Å². The van der Waals surface area contributed by atoms with Crippen molar-refractivity contribution in [3.8, 4) is 0 Å². The Morgan fingerprint density at radius 1 is 0.917 bits per heavy atom. The molecule has 3 aliphatic rings. The molecule has 0 radical (unpaired) electrons. The lowest BCUT2D eigenvalue weighted by molar-refractivity contribution is -0.384. The Morgan fingerprint density at radius 3 is 2.44 bits per heavy atom. The molecule has 2 amide bonds. The number of halogens is 1. The summed E-state index contributed by atoms with van der Waals surface area (Å²) in [6, 6.07) is 17.9. The molecule has 178 valence electrons. The minimum Gasteiger partial charge on any atom is -0.358 e. The molecule has 3 aromatic rings.